The number of halogens is 3. The third-order valence-corrected chi connectivity index (χ3v) is 5.91. The van der Waals surface area contributed by atoms with E-state index in [1.165, 1.54) is 6.07 Å². The lowest BCUT2D eigenvalue weighted by Gasteiger charge is -2.42. The predicted molar refractivity (Wildman–Crippen MR) is 106 cm³/mol. The van der Waals surface area contributed by atoms with Crippen molar-refractivity contribution < 1.29 is 18.0 Å². The minimum absolute atomic E-state index is 0.268. The molecule has 1 amide bonds. The lowest BCUT2D eigenvalue weighted by atomic mass is 9.82. The lowest BCUT2D eigenvalue weighted by Crippen LogP contribution is -2.55. The number of carbonyl (C=O) groups excluding carboxylic acids is 1. The minimum atomic E-state index is -4.43. The Labute approximate surface area is 167 Å². The van der Waals surface area contributed by atoms with Crippen LogP contribution in [0.5, 0.6) is 0 Å². The normalized spacial score (nSPS) is 20.8. The molecule has 1 fully saturated rings. The number of amides is 1. The highest BCUT2D eigenvalue weighted by molar-refractivity contribution is 7.98. The van der Waals surface area contributed by atoms with Crippen LogP contribution < -0.4 is 5.32 Å². The Bertz CT molecular complexity index is 841. The van der Waals surface area contributed by atoms with Gasteiger partial charge in [-0.1, -0.05) is 30.3 Å². The number of carbonyl (C=O) groups is 1. The topological polar surface area (TPSA) is 32.3 Å². The maximum Gasteiger partial charge on any atom is 0.416 e. The van der Waals surface area contributed by atoms with Gasteiger partial charge in [-0.05, 0) is 56.5 Å². The van der Waals surface area contributed by atoms with E-state index in [9.17, 15) is 18.0 Å². The van der Waals surface area contributed by atoms with Gasteiger partial charge in [0.05, 0.1) is 16.7 Å². The van der Waals surface area contributed by atoms with E-state index in [-0.39, 0.29) is 11.5 Å². The molecule has 1 aliphatic heterocycles. The van der Waals surface area contributed by atoms with Crippen LogP contribution in [0.15, 0.2) is 53.4 Å². The van der Waals surface area contributed by atoms with Crippen LogP contribution in [0.25, 0.3) is 0 Å². The molecule has 1 atom stereocenters. The molecule has 1 N–H and O–H groups in total. The summed E-state index contributed by atoms with van der Waals surface area (Å²) >= 11 is 1.14. The molecular weight excluding hydrogens is 385 g/mol. The molecule has 0 unspecified atom stereocenters. The second-order valence-corrected chi connectivity index (χ2v) is 8.00. The summed E-state index contributed by atoms with van der Waals surface area (Å²) in [4.78, 5) is 15.6. The maximum atomic E-state index is 13.1. The average Bonchev–Trinajstić information content (AvgIpc) is 2.67. The van der Waals surface area contributed by atoms with E-state index >= 15 is 0 Å². The molecule has 3 nitrogen and oxygen atoms in total. The zero-order valence-electron chi connectivity index (χ0n) is 15.8. The van der Waals surface area contributed by atoms with E-state index in [2.05, 4.69) is 10.2 Å². The van der Waals surface area contributed by atoms with Gasteiger partial charge in [-0.15, -0.1) is 11.8 Å². The molecule has 0 radical (unpaired) electrons. The first-order valence-corrected chi connectivity index (χ1v) is 10.3. The van der Waals surface area contributed by atoms with Crippen molar-refractivity contribution in [3.05, 3.63) is 65.2 Å². The Kier molecular flexibility index (Phi) is 6.05. The number of nitrogens with zero attached hydrogens (tertiary/aromatic N) is 1. The zero-order chi connectivity index (χ0) is 20.4. The number of piperidine rings is 1. The molecular formula is C21H23F3N2OS. The molecule has 28 heavy (non-hydrogen) atoms. The highest BCUT2D eigenvalue weighted by atomic mass is 32.2. The van der Waals surface area contributed by atoms with Gasteiger partial charge in [-0.2, -0.15) is 13.2 Å². The standard InChI is InChI=1S/C21H23F3N2OS/c1-26-12-6-11-20(14-26,15-7-4-3-5-8-15)25-19(27)17-10-9-16(21(22,23)24)13-18(17)28-2/h3-5,7-10,13H,6,11-12,14H2,1-2H3,(H,25,27)/t20-/m0/s1. The highest BCUT2D eigenvalue weighted by Crippen LogP contribution is 2.35. The van der Waals surface area contributed by atoms with Gasteiger partial charge in [-0.3, -0.25) is 4.79 Å². The van der Waals surface area contributed by atoms with Crippen LogP contribution in [-0.2, 0) is 11.7 Å². The van der Waals surface area contributed by atoms with E-state index in [4.69, 9.17) is 0 Å². The maximum absolute atomic E-state index is 13.1. The van der Waals surface area contributed by atoms with Gasteiger partial charge in [0.15, 0.2) is 0 Å². The van der Waals surface area contributed by atoms with Crippen LogP contribution in [0.4, 0.5) is 13.2 Å². The van der Waals surface area contributed by atoms with E-state index in [0.717, 1.165) is 48.8 Å². The largest absolute Gasteiger partial charge is 0.416 e. The number of nitrogens with one attached hydrogen (secondary N) is 1. The van der Waals surface area contributed by atoms with E-state index < -0.39 is 17.3 Å². The van der Waals surface area contributed by atoms with Crippen LogP contribution in [-0.4, -0.2) is 37.2 Å². The van der Waals surface area contributed by atoms with E-state index in [1.54, 1.807) is 6.26 Å². The van der Waals surface area contributed by atoms with Crippen LogP contribution in [0.2, 0.25) is 0 Å². The number of rotatable bonds is 4. The van der Waals surface area contributed by atoms with Crippen molar-refractivity contribution in [1.82, 2.24) is 10.2 Å². The third-order valence-electron chi connectivity index (χ3n) is 5.14. The summed E-state index contributed by atoms with van der Waals surface area (Å²) in [7, 11) is 2.01. The molecule has 7 heteroatoms. The molecule has 0 aromatic heterocycles. The molecule has 0 spiro atoms. The van der Waals surface area contributed by atoms with Crippen molar-refractivity contribution >= 4 is 17.7 Å². The molecule has 3 rings (SSSR count). The summed E-state index contributed by atoms with van der Waals surface area (Å²) in [5.74, 6) is -0.350. The quantitative estimate of drug-likeness (QED) is 0.739. The van der Waals surface area contributed by atoms with Gasteiger partial charge in [0.25, 0.3) is 5.91 Å². The number of benzene rings is 2. The summed E-state index contributed by atoms with van der Waals surface area (Å²) in [6.07, 6.45) is -1.05. The van der Waals surface area contributed by atoms with Crippen molar-refractivity contribution in [1.29, 1.82) is 0 Å². The first kappa shape index (κ1) is 20.7. The fraction of sp³-hybridized carbons (Fsp3) is 0.381. The zero-order valence-corrected chi connectivity index (χ0v) is 16.7. The Hall–Kier alpha value is -1.99. The number of alkyl halides is 3. The fourth-order valence-corrected chi connectivity index (χ4v) is 4.40. The minimum Gasteiger partial charge on any atom is -0.341 e. The fourth-order valence-electron chi connectivity index (χ4n) is 3.78. The van der Waals surface area contributed by atoms with Crippen LogP contribution in [0.1, 0.15) is 34.3 Å². The van der Waals surface area contributed by atoms with E-state index in [1.807, 2.05) is 37.4 Å². The Balaban J connectivity index is 1.95. The van der Waals surface area contributed by atoms with Crippen molar-refractivity contribution in [2.24, 2.45) is 0 Å². The number of hydrogen-bond acceptors (Lipinski definition) is 3. The number of thioether (sulfide) groups is 1. The van der Waals surface area contributed by atoms with Crippen LogP contribution in [0.3, 0.4) is 0 Å². The van der Waals surface area contributed by atoms with Gasteiger partial charge in [-0.25, -0.2) is 0 Å². The molecule has 0 aliphatic carbocycles. The summed E-state index contributed by atoms with van der Waals surface area (Å²) in [5.41, 5.74) is -0.0379. The molecule has 2 aromatic rings. The molecule has 0 bridgehead atoms. The van der Waals surface area contributed by atoms with Crippen molar-refractivity contribution in [2.75, 3.05) is 26.4 Å². The van der Waals surface area contributed by atoms with E-state index in [0.29, 0.717) is 11.4 Å². The van der Waals surface area contributed by atoms with Gasteiger partial charge in [0.1, 0.15) is 0 Å². The van der Waals surface area contributed by atoms with Gasteiger partial charge in [0.2, 0.25) is 0 Å². The second kappa shape index (κ2) is 8.17. The molecule has 150 valence electrons. The number of hydrogen-bond donors (Lipinski definition) is 1. The van der Waals surface area contributed by atoms with Crippen LogP contribution >= 0.6 is 11.8 Å². The summed E-state index contributed by atoms with van der Waals surface area (Å²) < 4.78 is 39.1. The predicted octanol–water partition coefficient (Wildman–Crippen LogP) is 4.78. The summed E-state index contributed by atoms with van der Waals surface area (Å²) in [6.45, 7) is 1.60. The Morgan fingerprint density at radius 1 is 1.18 bits per heavy atom. The highest BCUT2D eigenvalue weighted by Gasteiger charge is 2.38. The SMILES string of the molecule is CSc1cc(C(F)(F)F)ccc1C(=O)N[C@@]1(c2ccccc2)CCCN(C)C1. The second-order valence-electron chi connectivity index (χ2n) is 7.16. The molecule has 0 saturated carbocycles. The van der Waals surface area contributed by atoms with Crippen LogP contribution in [0, 0.1) is 0 Å². The summed E-state index contributed by atoms with van der Waals surface area (Å²) in [6, 6.07) is 13.1. The lowest BCUT2D eigenvalue weighted by molar-refractivity contribution is -0.137. The number of likely N-dealkylation sites (tertiary alicyclic amines) is 1. The third kappa shape index (κ3) is 4.36. The molecule has 1 saturated heterocycles. The number of likely N-dealkylation sites (N-methyl/N-ethyl adjacent to an activating group) is 1. The molecule has 2 aromatic carbocycles. The van der Waals surface area contributed by atoms with Gasteiger partial charge < -0.3 is 10.2 Å². The first-order chi connectivity index (χ1) is 13.2. The van der Waals surface area contributed by atoms with Gasteiger partial charge >= 0.3 is 6.18 Å². The monoisotopic (exact) mass is 408 g/mol. The average molecular weight is 408 g/mol. The Morgan fingerprint density at radius 2 is 1.89 bits per heavy atom. The van der Waals surface area contributed by atoms with Crippen molar-refractivity contribution in [2.45, 2.75) is 29.5 Å². The smallest absolute Gasteiger partial charge is 0.341 e. The first-order valence-electron chi connectivity index (χ1n) is 9.07. The molecule has 1 aliphatic rings. The van der Waals surface area contributed by atoms with Crippen molar-refractivity contribution in [3.63, 3.8) is 0 Å². The van der Waals surface area contributed by atoms with Crippen molar-refractivity contribution in [3.8, 4) is 0 Å². The Morgan fingerprint density at radius 3 is 2.50 bits per heavy atom. The van der Waals surface area contributed by atoms with Gasteiger partial charge in [0, 0.05) is 11.4 Å². The molecule has 1 heterocycles. The summed E-state index contributed by atoms with van der Waals surface area (Å²) in [5, 5.41) is 3.15.